The van der Waals surface area contributed by atoms with Gasteiger partial charge in [0.2, 0.25) is 0 Å². The number of nitrogen functional groups attached to an aromatic ring is 1. The van der Waals surface area contributed by atoms with Gasteiger partial charge < -0.3 is 5.73 Å². The van der Waals surface area contributed by atoms with Gasteiger partial charge in [0, 0.05) is 10.9 Å². The van der Waals surface area contributed by atoms with Gasteiger partial charge in [-0.1, -0.05) is 164 Å². The van der Waals surface area contributed by atoms with Gasteiger partial charge in [0.1, 0.15) is 0 Å². The number of hydrogen-bond acceptors (Lipinski definition) is 2. The zero-order valence-corrected chi connectivity index (χ0v) is 29.3. The third-order valence-electron chi connectivity index (χ3n) is 11.8. The molecule has 0 radical (unpaired) electrons. The normalized spacial score (nSPS) is 13.5. The molecular weight excluding hydrogens is 641 g/mol. The number of fused-ring (bicyclic) bond motifs is 15. The molecule has 2 nitrogen and oxygen atoms in total. The fourth-order valence-corrected chi connectivity index (χ4v) is 9.53. The molecule has 2 aliphatic rings. The molecule has 2 aliphatic carbocycles. The van der Waals surface area contributed by atoms with Gasteiger partial charge in [0.15, 0.2) is 0 Å². The minimum atomic E-state index is -0.443. The summed E-state index contributed by atoms with van der Waals surface area (Å²) in [5.41, 5.74) is 23.8. The van der Waals surface area contributed by atoms with Crippen molar-refractivity contribution in [1.29, 1.82) is 0 Å². The third-order valence-corrected chi connectivity index (χ3v) is 11.8. The number of nitrogens with zero attached hydrogens (tertiary/aromatic N) is 1. The Morgan fingerprint density at radius 1 is 0.491 bits per heavy atom. The van der Waals surface area contributed by atoms with Crippen LogP contribution in [0.5, 0.6) is 0 Å². The van der Waals surface area contributed by atoms with Crippen molar-refractivity contribution in [3.8, 4) is 44.6 Å². The van der Waals surface area contributed by atoms with Crippen LogP contribution in [0.2, 0.25) is 0 Å². The van der Waals surface area contributed by atoms with Crippen molar-refractivity contribution in [2.45, 2.75) is 12.3 Å². The van der Waals surface area contributed by atoms with Gasteiger partial charge >= 0.3 is 0 Å². The van der Waals surface area contributed by atoms with E-state index in [-0.39, 0.29) is 0 Å². The van der Waals surface area contributed by atoms with Gasteiger partial charge in [-0.15, -0.1) is 0 Å². The van der Waals surface area contributed by atoms with Crippen molar-refractivity contribution in [1.82, 2.24) is 4.98 Å². The molecule has 1 spiro atoms. The molecule has 9 aromatic rings. The monoisotopic (exact) mass is 674 g/mol. The van der Waals surface area contributed by atoms with Crippen LogP contribution in [-0.2, 0) is 5.41 Å². The largest absolute Gasteiger partial charge is 0.396 e. The molecule has 2 N–H and O–H groups in total. The van der Waals surface area contributed by atoms with Gasteiger partial charge in [0.25, 0.3) is 0 Å². The number of anilines is 1. The second kappa shape index (κ2) is 11.1. The summed E-state index contributed by atoms with van der Waals surface area (Å²) in [6.45, 7) is 2.01. The van der Waals surface area contributed by atoms with Crippen LogP contribution in [0.3, 0.4) is 0 Å². The van der Waals surface area contributed by atoms with Crippen LogP contribution in [0.25, 0.3) is 83.2 Å². The fourth-order valence-electron chi connectivity index (χ4n) is 9.53. The first-order valence-electron chi connectivity index (χ1n) is 18.4. The highest BCUT2D eigenvalue weighted by Gasteiger charge is 2.52. The molecule has 0 fully saturated rings. The summed E-state index contributed by atoms with van der Waals surface area (Å²) in [6.07, 6.45) is 4.04. The molecule has 0 saturated carbocycles. The van der Waals surface area contributed by atoms with Gasteiger partial charge in [-0.2, -0.15) is 0 Å². The SMILES string of the molecule is C/C=C\c1ccc2ccc(-c3ccc(-c4cc5c(c6ccccc46)-c4c(ccc6ccccc46)C54c5ccccc5-c5ccccc54)cc3)nc2c1N. The zero-order valence-electron chi connectivity index (χ0n) is 29.3. The number of rotatable bonds is 3. The van der Waals surface area contributed by atoms with E-state index < -0.39 is 5.41 Å². The second-order valence-electron chi connectivity index (χ2n) is 14.4. The Labute approximate surface area is 308 Å². The smallest absolute Gasteiger partial charge is 0.0944 e. The summed E-state index contributed by atoms with van der Waals surface area (Å²) < 4.78 is 0. The molecular formula is C51H34N2. The van der Waals surface area contributed by atoms with Crippen LogP contribution in [0.1, 0.15) is 34.7 Å². The topological polar surface area (TPSA) is 38.9 Å². The fraction of sp³-hybridized carbons (Fsp3) is 0.0392. The Balaban J connectivity index is 1.17. The van der Waals surface area contributed by atoms with Crippen molar-refractivity contribution in [2.24, 2.45) is 0 Å². The van der Waals surface area contributed by atoms with E-state index in [0.717, 1.165) is 27.7 Å². The molecule has 0 unspecified atom stereocenters. The van der Waals surface area contributed by atoms with E-state index in [4.69, 9.17) is 10.7 Å². The van der Waals surface area contributed by atoms with E-state index in [0.29, 0.717) is 5.69 Å². The number of pyridine rings is 1. The highest BCUT2D eigenvalue weighted by atomic mass is 14.7. The molecule has 248 valence electrons. The number of benzene rings is 8. The molecule has 53 heavy (non-hydrogen) atoms. The maximum Gasteiger partial charge on any atom is 0.0944 e. The third kappa shape index (κ3) is 4.01. The van der Waals surface area contributed by atoms with Crippen LogP contribution >= 0.6 is 0 Å². The maximum atomic E-state index is 6.61. The van der Waals surface area contributed by atoms with E-state index in [1.807, 2.05) is 19.1 Å². The quantitative estimate of drug-likeness (QED) is 0.189. The first kappa shape index (κ1) is 29.9. The highest BCUT2D eigenvalue weighted by molar-refractivity contribution is 6.16. The Morgan fingerprint density at radius 3 is 1.85 bits per heavy atom. The molecule has 1 aromatic heterocycles. The lowest BCUT2D eigenvalue weighted by atomic mass is 9.70. The predicted octanol–water partition coefficient (Wildman–Crippen LogP) is 12.8. The molecule has 0 aliphatic heterocycles. The first-order valence-corrected chi connectivity index (χ1v) is 18.4. The molecule has 1 heterocycles. The predicted molar refractivity (Wildman–Crippen MR) is 223 cm³/mol. The summed E-state index contributed by atoms with van der Waals surface area (Å²) in [6, 6.07) is 60.5. The standard InChI is InChI=1S/C51H34N2/c1-2-11-34-24-25-35-27-29-46(53-50(35)49(34)52)33-22-20-32(21-23-33)41-30-45-48(40-17-6-5-14-37(40)41)47-36-13-4-3-12-31(36)26-28-44(47)51(45)42-18-9-7-15-38(42)39-16-8-10-19-43(39)51/h2-30H,52H2,1H3/b11-2-. The number of allylic oxidation sites excluding steroid dienone is 1. The molecule has 0 saturated heterocycles. The maximum absolute atomic E-state index is 6.61. The van der Waals surface area contributed by atoms with Crippen LogP contribution in [0.15, 0.2) is 170 Å². The van der Waals surface area contributed by atoms with Crippen molar-refractivity contribution >= 4 is 44.2 Å². The van der Waals surface area contributed by atoms with Crippen LogP contribution in [0.4, 0.5) is 5.69 Å². The molecule has 0 bridgehead atoms. The summed E-state index contributed by atoms with van der Waals surface area (Å²) in [7, 11) is 0. The van der Waals surface area contributed by atoms with Crippen molar-refractivity contribution in [3.05, 3.63) is 198 Å². The lowest BCUT2D eigenvalue weighted by Gasteiger charge is -2.31. The van der Waals surface area contributed by atoms with E-state index in [1.165, 1.54) is 77.2 Å². The highest BCUT2D eigenvalue weighted by Crippen LogP contribution is 2.65. The molecule has 11 rings (SSSR count). The molecule has 0 atom stereocenters. The van der Waals surface area contributed by atoms with Gasteiger partial charge in [-0.25, -0.2) is 4.98 Å². The Kier molecular flexibility index (Phi) is 6.27. The summed E-state index contributed by atoms with van der Waals surface area (Å²) in [5, 5.41) is 6.14. The van der Waals surface area contributed by atoms with Crippen LogP contribution < -0.4 is 5.73 Å². The Bertz CT molecular complexity index is 2980. The van der Waals surface area contributed by atoms with Gasteiger partial charge in [-0.3, -0.25) is 0 Å². The average Bonchev–Trinajstić information content (AvgIpc) is 3.69. The van der Waals surface area contributed by atoms with Crippen molar-refractivity contribution in [3.63, 3.8) is 0 Å². The zero-order chi connectivity index (χ0) is 35.3. The summed E-state index contributed by atoms with van der Waals surface area (Å²) in [4.78, 5) is 5.07. The first-order chi connectivity index (χ1) is 26.2. The van der Waals surface area contributed by atoms with Gasteiger partial charge in [-0.05, 0) is 102 Å². The van der Waals surface area contributed by atoms with Gasteiger partial charge in [0.05, 0.1) is 22.3 Å². The number of hydrogen-bond donors (Lipinski definition) is 1. The van der Waals surface area contributed by atoms with E-state index in [1.54, 1.807) is 0 Å². The van der Waals surface area contributed by atoms with E-state index in [2.05, 4.69) is 164 Å². The molecule has 2 heteroatoms. The van der Waals surface area contributed by atoms with Crippen LogP contribution in [-0.4, -0.2) is 4.98 Å². The Hall–Kier alpha value is -6.77. The van der Waals surface area contributed by atoms with E-state index in [9.17, 15) is 0 Å². The second-order valence-corrected chi connectivity index (χ2v) is 14.4. The van der Waals surface area contributed by atoms with Crippen molar-refractivity contribution in [2.75, 3.05) is 5.73 Å². The Morgan fingerprint density at radius 2 is 1.09 bits per heavy atom. The summed E-state index contributed by atoms with van der Waals surface area (Å²) >= 11 is 0. The lowest BCUT2D eigenvalue weighted by molar-refractivity contribution is 0.795. The minimum absolute atomic E-state index is 0.443. The average molecular weight is 675 g/mol. The number of nitrogens with two attached hydrogens (primary N) is 1. The van der Waals surface area contributed by atoms with Crippen LogP contribution in [0, 0.1) is 0 Å². The lowest BCUT2D eigenvalue weighted by Crippen LogP contribution is -2.26. The van der Waals surface area contributed by atoms with E-state index >= 15 is 0 Å². The minimum Gasteiger partial charge on any atom is -0.396 e. The number of aromatic nitrogens is 1. The summed E-state index contributed by atoms with van der Waals surface area (Å²) in [5.74, 6) is 0. The molecule has 8 aromatic carbocycles. The van der Waals surface area contributed by atoms with Crippen molar-refractivity contribution < 1.29 is 0 Å². The molecule has 0 amide bonds.